The van der Waals surface area contributed by atoms with Crippen LogP contribution in [-0.2, 0) is 4.79 Å². The lowest BCUT2D eigenvalue weighted by Crippen LogP contribution is -2.21. The lowest BCUT2D eigenvalue weighted by molar-refractivity contribution is -0.118. The maximum atomic E-state index is 12.0. The van der Waals surface area contributed by atoms with Gasteiger partial charge in [0.25, 0.3) is 5.91 Å². The van der Waals surface area contributed by atoms with E-state index < -0.39 is 0 Å². The first kappa shape index (κ1) is 16.2. The van der Waals surface area contributed by atoms with E-state index in [-0.39, 0.29) is 12.5 Å². The van der Waals surface area contributed by atoms with E-state index in [1.165, 1.54) is 0 Å². The predicted molar refractivity (Wildman–Crippen MR) is 90.6 cm³/mol. The van der Waals surface area contributed by atoms with Gasteiger partial charge in [-0.25, -0.2) is 0 Å². The van der Waals surface area contributed by atoms with Gasteiger partial charge in [0, 0.05) is 5.02 Å². The molecule has 0 heterocycles. The van der Waals surface area contributed by atoms with E-state index in [0.717, 1.165) is 16.7 Å². The van der Waals surface area contributed by atoms with Gasteiger partial charge in [-0.3, -0.25) is 4.79 Å². The molecule has 22 heavy (non-hydrogen) atoms. The number of carbonyl (C=O) groups excluding carboxylic acids is 1. The Kier molecular flexibility index (Phi) is 4.93. The molecule has 2 aromatic rings. The number of nitrogens with one attached hydrogen (secondary N) is 1. The largest absolute Gasteiger partial charge is 0.483 e. The minimum absolute atomic E-state index is 0.0881. The van der Waals surface area contributed by atoms with E-state index in [1.807, 2.05) is 39.0 Å². The summed E-state index contributed by atoms with van der Waals surface area (Å²) in [5.74, 6) is 0.414. The van der Waals surface area contributed by atoms with Crippen molar-refractivity contribution in [1.82, 2.24) is 0 Å². The Balaban J connectivity index is 2.02. The lowest BCUT2D eigenvalue weighted by Gasteiger charge is -2.12. The third-order valence-corrected chi connectivity index (χ3v) is 3.93. The van der Waals surface area contributed by atoms with Crippen LogP contribution in [0.1, 0.15) is 16.7 Å². The molecule has 0 unspecified atom stereocenters. The highest BCUT2D eigenvalue weighted by molar-refractivity contribution is 6.31. The van der Waals surface area contributed by atoms with Gasteiger partial charge in [-0.2, -0.15) is 0 Å². The summed E-state index contributed by atoms with van der Waals surface area (Å²) in [7, 11) is 0. The number of nitrogen functional groups attached to an aromatic ring is 1. The molecule has 4 nitrogen and oxygen atoms in total. The fraction of sp³-hybridized carbons (Fsp3) is 0.235. The van der Waals surface area contributed by atoms with Crippen LogP contribution in [0.3, 0.4) is 0 Å². The van der Waals surface area contributed by atoms with Crippen molar-refractivity contribution in [3.05, 3.63) is 52.0 Å². The molecule has 0 aliphatic rings. The molecule has 0 atom stereocenters. The minimum Gasteiger partial charge on any atom is -0.483 e. The monoisotopic (exact) mass is 318 g/mol. The van der Waals surface area contributed by atoms with Crippen molar-refractivity contribution in [1.29, 1.82) is 0 Å². The first-order chi connectivity index (χ1) is 10.4. The molecule has 0 aromatic heterocycles. The van der Waals surface area contributed by atoms with Crippen LogP contribution in [0.2, 0.25) is 5.02 Å². The van der Waals surface area contributed by atoms with Gasteiger partial charge >= 0.3 is 0 Å². The Morgan fingerprint density at radius 1 is 1.23 bits per heavy atom. The second-order valence-corrected chi connectivity index (χ2v) is 5.63. The molecule has 0 saturated heterocycles. The number of hydrogen-bond acceptors (Lipinski definition) is 3. The second kappa shape index (κ2) is 6.71. The van der Waals surface area contributed by atoms with Gasteiger partial charge in [0.15, 0.2) is 6.61 Å². The van der Waals surface area contributed by atoms with Crippen LogP contribution in [0.5, 0.6) is 5.75 Å². The Bertz CT molecular complexity index is 714. The average molecular weight is 319 g/mol. The highest BCUT2D eigenvalue weighted by Gasteiger charge is 2.10. The third-order valence-electron chi connectivity index (χ3n) is 3.52. The summed E-state index contributed by atoms with van der Waals surface area (Å²) in [6.45, 7) is 5.72. The highest BCUT2D eigenvalue weighted by atomic mass is 35.5. The minimum atomic E-state index is -0.285. The van der Waals surface area contributed by atoms with Gasteiger partial charge in [-0.1, -0.05) is 23.7 Å². The molecule has 116 valence electrons. The number of nitrogens with two attached hydrogens (primary N) is 1. The quantitative estimate of drug-likeness (QED) is 0.841. The molecular formula is C17H19ClN2O2. The van der Waals surface area contributed by atoms with Crippen molar-refractivity contribution >= 4 is 28.9 Å². The summed E-state index contributed by atoms with van der Waals surface area (Å²) in [4.78, 5) is 12.0. The fourth-order valence-corrected chi connectivity index (χ4v) is 2.19. The summed E-state index contributed by atoms with van der Waals surface area (Å²) in [6, 6.07) is 9.10. The smallest absolute Gasteiger partial charge is 0.262 e. The van der Waals surface area contributed by atoms with Crippen LogP contribution in [0.4, 0.5) is 11.4 Å². The number of amides is 1. The number of anilines is 2. The predicted octanol–water partition coefficient (Wildman–Crippen LogP) is 3.86. The summed E-state index contributed by atoms with van der Waals surface area (Å²) < 4.78 is 5.56. The maximum Gasteiger partial charge on any atom is 0.262 e. The summed E-state index contributed by atoms with van der Waals surface area (Å²) in [5, 5.41) is 3.26. The molecule has 0 radical (unpaired) electrons. The normalized spacial score (nSPS) is 10.4. The topological polar surface area (TPSA) is 64.3 Å². The molecule has 0 aliphatic heterocycles. The number of aryl methyl sites for hydroxylation is 2. The van der Waals surface area contributed by atoms with Crippen molar-refractivity contribution in [3.63, 3.8) is 0 Å². The van der Waals surface area contributed by atoms with Crippen LogP contribution in [-0.4, -0.2) is 12.5 Å². The van der Waals surface area contributed by atoms with Gasteiger partial charge < -0.3 is 15.8 Å². The fourth-order valence-electron chi connectivity index (χ4n) is 2.02. The standard InChI is InChI=1S/C17H19ClN2O2/c1-10-5-4-6-16(12(10)3)22-9-17(21)20-15-8-13(18)11(2)7-14(15)19/h4-8H,9,19H2,1-3H3,(H,20,21). The number of carbonyl (C=O) groups is 1. The van der Waals surface area contributed by atoms with Gasteiger partial charge in [0.2, 0.25) is 0 Å². The zero-order valence-electron chi connectivity index (χ0n) is 12.9. The maximum absolute atomic E-state index is 12.0. The van der Waals surface area contributed by atoms with Crippen LogP contribution in [0.25, 0.3) is 0 Å². The molecule has 0 saturated carbocycles. The molecule has 2 rings (SSSR count). The molecule has 3 N–H and O–H groups in total. The highest BCUT2D eigenvalue weighted by Crippen LogP contribution is 2.27. The van der Waals surface area contributed by atoms with Gasteiger partial charge in [0.05, 0.1) is 11.4 Å². The molecule has 0 fully saturated rings. The van der Waals surface area contributed by atoms with E-state index in [0.29, 0.717) is 22.1 Å². The first-order valence-corrected chi connectivity index (χ1v) is 7.30. The molecule has 0 bridgehead atoms. The number of hydrogen-bond donors (Lipinski definition) is 2. The van der Waals surface area contributed by atoms with E-state index in [4.69, 9.17) is 22.1 Å². The average Bonchev–Trinajstić information content (AvgIpc) is 2.46. The molecule has 2 aromatic carbocycles. The number of rotatable bonds is 4. The zero-order chi connectivity index (χ0) is 16.3. The second-order valence-electron chi connectivity index (χ2n) is 5.22. The lowest BCUT2D eigenvalue weighted by atomic mass is 10.1. The zero-order valence-corrected chi connectivity index (χ0v) is 13.6. The Hall–Kier alpha value is -2.20. The van der Waals surface area contributed by atoms with Crippen molar-refractivity contribution in [2.24, 2.45) is 0 Å². The van der Waals surface area contributed by atoms with E-state index in [2.05, 4.69) is 5.32 Å². The van der Waals surface area contributed by atoms with Gasteiger partial charge in [0.1, 0.15) is 5.75 Å². The van der Waals surface area contributed by atoms with Crippen LogP contribution >= 0.6 is 11.6 Å². The van der Waals surface area contributed by atoms with E-state index >= 15 is 0 Å². The molecule has 0 aliphatic carbocycles. The number of halogens is 1. The third kappa shape index (κ3) is 3.71. The van der Waals surface area contributed by atoms with Crippen LogP contribution < -0.4 is 15.8 Å². The Morgan fingerprint density at radius 2 is 1.95 bits per heavy atom. The SMILES string of the molecule is Cc1cc(N)c(NC(=O)COc2cccc(C)c2C)cc1Cl. The summed E-state index contributed by atoms with van der Waals surface area (Å²) in [6.07, 6.45) is 0. The van der Waals surface area contributed by atoms with Crippen molar-refractivity contribution in [2.45, 2.75) is 20.8 Å². The van der Waals surface area contributed by atoms with Crippen molar-refractivity contribution < 1.29 is 9.53 Å². The Labute approximate surface area is 135 Å². The van der Waals surface area contributed by atoms with Crippen molar-refractivity contribution in [2.75, 3.05) is 17.7 Å². The van der Waals surface area contributed by atoms with Gasteiger partial charge in [-0.15, -0.1) is 0 Å². The molecular weight excluding hydrogens is 300 g/mol. The van der Waals surface area contributed by atoms with Gasteiger partial charge in [-0.05, 0) is 55.7 Å². The molecule has 1 amide bonds. The summed E-state index contributed by atoms with van der Waals surface area (Å²) in [5.41, 5.74) is 9.84. The molecule has 5 heteroatoms. The molecule has 0 spiro atoms. The van der Waals surface area contributed by atoms with E-state index in [9.17, 15) is 4.79 Å². The van der Waals surface area contributed by atoms with Crippen LogP contribution in [0, 0.1) is 20.8 Å². The summed E-state index contributed by atoms with van der Waals surface area (Å²) >= 11 is 6.04. The van der Waals surface area contributed by atoms with Crippen LogP contribution in [0.15, 0.2) is 30.3 Å². The van der Waals surface area contributed by atoms with Crippen molar-refractivity contribution in [3.8, 4) is 5.75 Å². The number of ether oxygens (including phenoxy) is 1. The number of benzene rings is 2. The first-order valence-electron chi connectivity index (χ1n) is 6.93. The Morgan fingerprint density at radius 3 is 2.68 bits per heavy atom. The van der Waals surface area contributed by atoms with E-state index in [1.54, 1.807) is 12.1 Å².